The Morgan fingerprint density at radius 3 is 2.59 bits per heavy atom. The molecule has 4 rings (SSSR count). The lowest BCUT2D eigenvalue weighted by atomic mass is 9.87. The number of benzene rings is 1. The highest BCUT2D eigenvalue weighted by Gasteiger charge is 2.29. The van der Waals surface area contributed by atoms with Gasteiger partial charge in [0.25, 0.3) is 0 Å². The molecule has 1 aliphatic heterocycles. The second-order valence-electron chi connectivity index (χ2n) is 11.4. The Kier molecular flexibility index (Phi) is 9.81. The van der Waals surface area contributed by atoms with Crippen molar-refractivity contribution >= 4 is 43.9 Å². The first-order valence-corrected chi connectivity index (χ1v) is 16.1. The summed E-state index contributed by atoms with van der Waals surface area (Å²) in [5.41, 5.74) is 3.26. The molecule has 2 aliphatic rings. The third-order valence-electron chi connectivity index (χ3n) is 7.49. The zero-order valence-corrected chi connectivity index (χ0v) is 26.3. The Hall–Kier alpha value is -2.89. The van der Waals surface area contributed by atoms with E-state index in [0.29, 0.717) is 12.0 Å². The number of hydrogen-bond donors (Lipinski definition) is 4. The fraction of sp³-hybridized carbons (Fsp3) is 0.552. The highest BCUT2D eigenvalue weighted by Crippen LogP contribution is 2.40. The summed E-state index contributed by atoms with van der Waals surface area (Å²) < 4.78 is 31.7. The van der Waals surface area contributed by atoms with Crippen molar-refractivity contribution in [1.29, 1.82) is 5.41 Å². The molecule has 1 saturated heterocycles. The number of aryl methyl sites for hydroxylation is 1. The summed E-state index contributed by atoms with van der Waals surface area (Å²) in [6, 6.07) is 4.78. The number of piperidine rings is 1. The van der Waals surface area contributed by atoms with Crippen LogP contribution in [0, 0.1) is 12.3 Å². The summed E-state index contributed by atoms with van der Waals surface area (Å²) >= 11 is 6.39. The molecule has 1 aliphatic carbocycles. The minimum atomic E-state index is -3.84. The van der Waals surface area contributed by atoms with Crippen LogP contribution in [0.25, 0.3) is 0 Å². The van der Waals surface area contributed by atoms with Crippen LogP contribution < -0.4 is 20.7 Å². The van der Waals surface area contributed by atoms with Gasteiger partial charge in [0.2, 0.25) is 5.95 Å². The third kappa shape index (κ3) is 7.50. The van der Waals surface area contributed by atoms with Gasteiger partial charge in [0.15, 0.2) is 20.7 Å². The lowest BCUT2D eigenvalue weighted by molar-refractivity contribution is 0.167. The monoisotopic (exact) mass is 603 g/mol. The van der Waals surface area contributed by atoms with Crippen LogP contribution in [0.2, 0.25) is 5.02 Å². The third-order valence-corrected chi connectivity index (χ3v) is 9.80. The first-order valence-electron chi connectivity index (χ1n) is 14.2. The fourth-order valence-electron chi connectivity index (χ4n) is 4.89. The van der Waals surface area contributed by atoms with Crippen LogP contribution in [0.3, 0.4) is 0 Å². The molecule has 10 nitrogen and oxygen atoms in total. The topological polar surface area (TPSA) is 132 Å². The number of likely N-dealkylation sites (tertiary alicyclic amines) is 1. The van der Waals surface area contributed by atoms with Gasteiger partial charge < -0.3 is 25.6 Å². The van der Waals surface area contributed by atoms with Crippen molar-refractivity contribution in [2.75, 3.05) is 30.8 Å². The van der Waals surface area contributed by atoms with Gasteiger partial charge >= 0.3 is 0 Å². The summed E-state index contributed by atoms with van der Waals surface area (Å²) in [5.74, 6) is 1.64. The SMILES string of the molecule is CN/C=C(/Nc1nc(Nc2cc(C)c(C3CCCN(C(C)C)C3)cc2OC2CC2)ncc1Cl)C(=N)S(=O)(=O)C(C)C. The Labute approximate surface area is 248 Å². The van der Waals surface area contributed by atoms with Crippen LogP contribution in [0.5, 0.6) is 5.75 Å². The summed E-state index contributed by atoms with van der Waals surface area (Å²) in [6.45, 7) is 11.9. The van der Waals surface area contributed by atoms with E-state index in [2.05, 4.69) is 63.7 Å². The average molecular weight is 604 g/mol. The highest BCUT2D eigenvalue weighted by atomic mass is 35.5. The van der Waals surface area contributed by atoms with Gasteiger partial charge in [-0.25, -0.2) is 13.4 Å². The van der Waals surface area contributed by atoms with E-state index in [0.717, 1.165) is 43.8 Å². The smallest absolute Gasteiger partial charge is 0.229 e. The fourth-order valence-corrected chi connectivity index (χ4v) is 5.91. The van der Waals surface area contributed by atoms with E-state index in [1.165, 1.54) is 43.8 Å². The predicted molar refractivity (Wildman–Crippen MR) is 166 cm³/mol. The average Bonchev–Trinajstić information content (AvgIpc) is 3.75. The molecular formula is C29H42ClN7O3S. The molecule has 2 heterocycles. The number of aromatic nitrogens is 2. The van der Waals surface area contributed by atoms with Gasteiger partial charge in [-0.05, 0) is 96.0 Å². The molecule has 2 fully saturated rings. The zero-order valence-electron chi connectivity index (χ0n) is 24.7. The number of anilines is 3. The van der Waals surface area contributed by atoms with E-state index >= 15 is 0 Å². The number of nitrogens with zero attached hydrogens (tertiary/aromatic N) is 3. The van der Waals surface area contributed by atoms with Gasteiger partial charge in [-0.2, -0.15) is 4.98 Å². The molecule has 0 radical (unpaired) electrons. The minimum Gasteiger partial charge on any atom is -0.488 e. The molecule has 1 saturated carbocycles. The van der Waals surface area contributed by atoms with Gasteiger partial charge in [-0.3, -0.25) is 5.41 Å². The van der Waals surface area contributed by atoms with Gasteiger partial charge in [-0.15, -0.1) is 0 Å². The number of halogens is 1. The maximum Gasteiger partial charge on any atom is 0.229 e. The summed E-state index contributed by atoms with van der Waals surface area (Å²) in [6.07, 6.45) is 7.42. The Balaban J connectivity index is 1.62. The molecule has 1 unspecified atom stereocenters. The highest BCUT2D eigenvalue weighted by molar-refractivity contribution is 8.07. The Bertz CT molecular complexity index is 1410. The summed E-state index contributed by atoms with van der Waals surface area (Å²) in [5, 5.41) is 16.2. The van der Waals surface area contributed by atoms with Gasteiger partial charge in [0.05, 0.1) is 28.9 Å². The van der Waals surface area contributed by atoms with Gasteiger partial charge in [0.1, 0.15) is 10.8 Å². The number of rotatable bonds is 11. The van der Waals surface area contributed by atoms with Crippen LogP contribution in [-0.4, -0.2) is 65.9 Å². The number of hydrogen-bond acceptors (Lipinski definition) is 10. The van der Waals surface area contributed by atoms with E-state index in [-0.39, 0.29) is 28.6 Å². The molecule has 0 bridgehead atoms. The number of sulfone groups is 1. The zero-order chi connectivity index (χ0) is 29.9. The maximum atomic E-state index is 12.7. The largest absolute Gasteiger partial charge is 0.488 e. The molecular weight excluding hydrogens is 562 g/mol. The summed E-state index contributed by atoms with van der Waals surface area (Å²) in [7, 11) is -2.22. The van der Waals surface area contributed by atoms with Crippen molar-refractivity contribution in [2.45, 2.75) is 83.6 Å². The molecule has 0 spiro atoms. The van der Waals surface area contributed by atoms with Crippen molar-refractivity contribution < 1.29 is 13.2 Å². The van der Waals surface area contributed by atoms with Crippen molar-refractivity contribution in [3.63, 3.8) is 0 Å². The van der Waals surface area contributed by atoms with Crippen molar-refractivity contribution in [2.24, 2.45) is 0 Å². The van der Waals surface area contributed by atoms with Crippen molar-refractivity contribution in [3.8, 4) is 5.75 Å². The quantitative estimate of drug-likeness (QED) is 0.192. The van der Waals surface area contributed by atoms with Crippen LogP contribution in [0.1, 0.15) is 70.4 Å². The summed E-state index contributed by atoms with van der Waals surface area (Å²) in [4.78, 5) is 11.4. The standard InChI is InChI=1S/C29H42ClN7O3S/c1-17(2)37-11-7-8-20(16-37)22-13-26(40-21-9-10-21)24(12-19(22)5)35-29-33-14-23(30)28(36-29)34-25(15-32-6)27(31)41(38,39)18(3)4/h12-15,17-18,20-21,31-32H,7-11,16H2,1-6H3,(H2,33,34,35,36)/b25-15+,31-27?. The van der Waals surface area contributed by atoms with Crippen LogP contribution in [0.15, 0.2) is 30.2 Å². The molecule has 224 valence electrons. The predicted octanol–water partition coefficient (Wildman–Crippen LogP) is 5.58. The van der Waals surface area contributed by atoms with Crippen LogP contribution >= 0.6 is 11.6 Å². The first kappa shape index (κ1) is 31.1. The minimum absolute atomic E-state index is 0.0219. The molecule has 1 aromatic heterocycles. The molecule has 12 heteroatoms. The van der Waals surface area contributed by atoms with Crippen molar-refractivity contribution in [1.82, 2.24) is 20.2 Å². The van der Waals surface area contributed by atoms with E-state index < -0.39 is 20.1 Å². The normalized spacial score (nSPS) is 18.5. The van der Waals surface area contributed by atoms with E-state index in [1.54, 1.807) is 7.05 Å². The second-order valence-corrected chi connectivity index (χ2v) is 14.2. The van der Waals surface area contributed by atoms with Crippen molar-refractivity contribution in [3.05, 3.63) is 46.4 Å². The lowest BCUT2D eigenvalue weighted by Crippen LogP contribution is -2.39. The number of nitrogens with one attached hydrogen (secondary N) is 4. The lowest BCUT2D eigenvalue weighted by Gasteiger charge is -2.36. The van der Waals surface area contributed by atoms with E-state index in [9.17, 15) is 8.42 Å². The van der Waals surface area contributed by atoms with Crippen LogP contribution in [0.4, 0.5) is 17.5 Å². The van der Waals surface area contributed by atoms with E-state index in [4.69, 9.17) is 21.7 Å². The molecule has 4 N–H and O–H groups in total. The van der Waals surface area contributed by atoms with Gasteiger partial charge in [-0.1, -0.05) is 11.6 Å². The maximum absolute atomic E-state index is 12.7. The number of ether oxygens (including phenoxy) is 1. The van der Waals surface area contributed by atoms with Crippen LogP contribution in [-0.2, 0) is 9.84 Å². The molecule has 41 heavy (non-hydrogen) atoms. The first-order chi connectivity index (χ1) is 19.4. The molecule has 1 aromatic carbocycles. The van der Waals surface area contributed by atoms with Gasteiger partial charge in [0, 0.05) is 25.8 Å². The Morgan fingerprint density at radius 2 is 1.95 bits per heavy atom. The molecule has 1 atom stereocenters. The molecule has 2 aromatic rings. The Morgan fingerprint density at radius 1 is 1.22 bits per heavy atom. The van der Waals surface area contributed by atoms with E-state index in [1.807, 2.05) is 0 Å². The molecule has 0 amide bonds. The second kappa shape index (κ2) is 13.0.